The van der Waals surface area contributed by atoms with Crippen LogP contribution in [0.2, 0.25) is 0 Å². The van der Waals surface area contributed by atoms with Crippen molar-refractivity contribution in [1.29, 1.82) is 0 Å². The average molecular weight is 265 g/mol. The number of benzene rings is 2. The molecule has 0 spiro atoms. The zero-order chi connectivity index (χ0) is 13.9. The Labute approximate surface area is 117 Å². The number of nitrogens with two attached hydrogens (primary N) is 1. The zero-order valence-electron chi connectivity index (χ0n) is 11.1. The van der Waals surface area contributed by atoms with Crippen LogP contribution in [0.25, 0.3) is 10.9 Å². The van der Waals surface area contributed by atoms with Crippen LogP contribution in [0.4, 0.5) is 17.1 Å². The van der Waals surface area contributed by atoms with Gasteiger partial charge in [-0.3, -0.25) is 4.98 Å². The van der Waals surface area contributed by atoms with Crippen LogP contribution in [0.15, 0.2) is 54.7 Å². The summed E-state index contributed by atoms with van der Waals surface area (Å²) in [5.41, 5.74) is 9.25. The standard InChI is InChI=1S/C16H15N3O/c1-20-16-5-3-2-4-14(16)19-13-8-9-18-15-10-11(17)6-7-12(13)15/h2-10H,17H2,1H3,(H,18,19). The van der Waals surface area contributed by atoms with E-state index in [2.05, 4.69) is 10.3 Å². The fourth-order valence-electron chi connectivity index (χ4n) is 2.17. The quantitative estimate of drug-likeness (QED) is 0.711. The SMILES string of the molecule is COc1ccccc1Nc1ccnc2cc(N)ccc12. The summed E-state index contributed by atoms with van der Waals surface area (Å²) < 4.78 is 5.35. The number of rotatable bonds is 3. The van der Waals surface area contributed by atoms with Crippen molar-refractivity contribution in [2.45, 2.75) is 0 Å². The van der Waals surface area contributed by atoms with Crippen molar-refractivity contribution in [1.82, 2.24) is 4.98 Å². The lowest BCUT2D eigenvalue weighted by Crippen LogP contribution is -1.96. The highest BCUT2D eigenvalue weighted by molar-refractivity contribution is 5.94. The van der Waals surface area contributed by atoms with Gasteiger partial charge in [-0.25, -0.2) is 0 Å². The first-order valence-electron chi connectivity index (χ1n) is 6.32. The van der Waals surface area contributed by atoms with Crippen molar-refractivity contribution in [3.63, 3.8) is 0 Å². The summed E-state index contributed by atoms with van der Waals surface area (Å²) in [7, 11) is 1.66. The molecule has 0 bridgehead atoms. The Kier molecular flexibility index (Phi) is 3.13. The van der Waals surface area contributed by atoms with Crippen LogP contribution < -0.4 is 15.8 Å². The number of pyridine rings is 1. The second kappa shape index (κ2) is 5.09. The molecule has 0 aliphatic heterocycles. The van der Waals surface area contributed by atoms with Gasteiger partial charge in [0.25, 0.3) is 0 Å². The molecular weight excluding hydrogens is 250 g/mol. The highest BCUT2D eigenvalue weighted by Crippen LogP contribution is 2.30. The van der Waals surface area contributed by atoms with E-state index in [1.165, 1.54) is 0 Å². The van der Waals surface area contributed by atoms with Crippen LogP contribution >= 0.6 is 0 Å². The topological polar surface area (TPSA) is 60.2 Å². The van der Waals surface area contributed by atoms with Gasteiger partial charge < -0.3 is 15.8 Å². The molecule has 0 radical (unpaired) electrons. The molecule has 0 fully saturated rings. The van der Waals surface area contributed by atoms with Gasteiger partial charge >= 0.3 is 0 Å². The van der Waals surface area contributed by atoms with Crippen LogP contribution in [-0.2, 0) is 0 Å². The van der Waals surface area contributed by atoms with Gasteiger partial charge in [-0.05, 0) is 36.4 Å². The number of hydrogen-bond donors (Lipinski definition) is 2. The minimum absolute atomic E-state index is 0.708. The van der Waals surface area contributed by atoms with E-state index in [0.29, 0.717) is 5.69 Å². The highest BCUT2D eigenvalue weighted by Gasteiger charge is 2.06. The first kappa shape index (κ1) is 12.3. The Hall–Kier alpha value is -2.75. The van der Waals surface area contributed by atoms with Crippen molar-refractivity contribution in [2.24, 2.45) is 0 Å². The summed E-state index contributed by atoms with van der Waals surface area (Å²) in [4.78, 5) is 4.34. The minimum atomic E-state index is 0.708. The van der Waals surface area contributed by atoms with E-state index in [-0.39, 0.29) is 0 Å². The summed E-state index contributed by atoms with van der Waals surface area (Å²) in [6.45, 7) is 0. The molecule has 100 valence electrons. The maximum atomic E-state index is 5.79. The van der Waals surface area contributed by atoms with E-state index in [9.17, 15) is 0 Å². The number of nitrogens with one attached hydrogen (secondary N) is 1. The van der Waals surface area contributed by atoms with Crippen LogP contribution in [-0.4, -0.2) is 12.1 Å². The number of fused-ring (bicyclic) bond motifs is 1. The van der Waals surface area contributed by atoms with Crippen molar-refractivity contribution >= 4 is 28.0 Å². The van der Waals surface area contributed by atoms with Gasteiger partial charge in [0.2, 0.25) is 0 Å². The van der Waals surface area contributed by atoms with Crippen molar-refractivity contribution in [3.8, 4) is 5.75 Å². The van der Waals surface area contributed by atoms with E-state index in [1.54, 1.807) is 13.3 Å². The predicted octanol–water partition coefficient (Wildman–Crippen LogP) is 3.57. The van der Waals surface area contributed by atoms with Crippen molar-refractivity contribution in [2.75, 3.05) is 18.2 Å². The number of anilines is 3. The normalized spacial score (nSPS) is 10.4. The second-order valence-electron chi connectivity index (χ2n) is 4.46. The van der Waals surface area contributed by atoms with Gasteiger partial charge in [0.15, 0.2) is 0 Å². The van der Waals surface area contributed by atoms with Gasteiger partial charge in [-0.1, -0.05) is 12.1 Å². The lowest BCUT2D eigenvalue weighted by Gasteiger charge is -2.12. The van der Waals surface area contributed by atoms with Crippen LogP contribution in [0.3, 0.4) is 0 Å². The second-order valence-corrected chi connectivity index (χ2v) is 4.46. The Bertz CT molecular complexity index is 756. The third-order valence-corrected chi connectivity index (χ3v) is 3.14. The molecule has 0 saturated carbocycles. The predicted molar refractivity (Wildman–Crippen MR) is 82.4 cm³/mol. The molecular formula is C16H15N3O. The van der Waals surface area contributed by atoms with Gasteiger partial charge in [0, 0.05) is 23.0 Å². The van der Waals surface area contributed by atoms with Crippen molar-refractivity contribution < 1.29 is 4.74 Å². The largest absolute Gasteiger partial charge is 0.495 e. The molecule has 0 aliphatic carbocycles. The van der Waals surface area contributed by atoms with Gasteiger partial charge in [-0.15, -0.1) is 0 Å². The van der Waals surface area contributed by atoms with Gasteiger partial charge in [-0.2, -0.15) is 0 Å². The number of aromatic nitrogens is 1. The first-order valence-corrected chi connectivity index (χ1v) is 6.32. The van der Waals surface area contributed by atoms with Gasteiger partial charge in [0.1, 0.15) is 5.75 Å². The molecule has 20 heavy (non-hydrogen) atoms. The molecule has 0 amide bonds. The highest BCUT2D eigenvalue weighted by atomic mass is 16.5. The molecule has 3 N–H and O–H groups in total. The number of nitrogens with zero attached hydrogens (tertiary/aromatic N) is 1. The maximum Gasteiger partial charge on any atom is 0.142 e. The molecule has 0 unspecified atom stereocenters. The zero-order valence-corrected chi connectivity index (χ0v) is 11.1. The summed E-state index contributed by atoms with van der Waals surface area (Å²) in [5, 5.41) is 4.40. The molecule has 3 rings (SSSR count). The van der Waals surface area contributed by atoms with Crippen LogP contribution in [0.1, 0.15) is 0 Å². The summed E-state index contributed by atoms with van der Waals surface area (Å²) in [6, 6.07) is 15.4. The Balaban J connectivity index is 2.07. The number of ether oxygens (including phenoxy) is 1. The minimum Gasteiger partial charge on any atom is -0.495 e. The molecule has 2 aromatic carbocycles. The first-order chi connectivity index (χ1) is 9.78. The smallest absolute Gasteiger partial charge is 0.142 e. The van der Waals surface area contributed by atoms with E-state index in [1.807, 2.05) is 48.5 Å². The molecule has 4 heteroatoms. The van der Waals surface area contributed by atoms with E-state index in [4.69, 9.17) is 10.5 Å². The summed E-state index contributed by atoms with van der Waals surface area (Å²) in [5.74, 6) is 0.799. The maximum absolute atomic E-state index is 5.79. The van der Waals surface area contributed by atoms with Crippen molar-refractivity contribution in [3.05, 3.63) is 54.7 Å². The lowest BCUT2D eigenvalue weighted by atomic mass is 10.1. The van der Waals surface area contributed by atoms with E-state index >= 15 is 0 Å². The summed E-state index contributed by atoms with van der Waals surface area (Å²) >= 11 is 0. The lowest BCUT2D eigenvalue weighted by molar-refractivity contribution is 0.417. The summed E-state index contributed by atoms with van der Waals surface area (Å²) in [6.07, 6.45) is 1.76. The molecule has 0 atom stereocenters. The third kappa shape index (κ3) is 2.23. The molecule has 0 aliphatic rings. The van der Waals surface area contributed by atoms with Gasteiger partial charge in [0.05, 0.1) is 18.3 Å². The van der Waals surface area contributed by atoms with E-state index in [0.717, 1.165) is 28.0 Å². The number of hydrogen-bond acceptors (Lipinski definition) is 4. The molecule has 1 heterocycles. The van der Waals surface area contributed by atoms with Crippen LogP contribution in [0.5, 0.6) is 5.75 Å². The average Bonchev–Trinajstić information content (AvgIpc) is 2.47. The monoisotopic (exact) mass is 265 g/mol. The molecule has 1 aromatic heterocycles. The number of nitrogen functional groups attached to an aromatic ring is 1. The number of para-hydroxylation sites is 2. The fraction of sp³-hybridized carbons (Fsp3) is 0.0625. The van der Waals surface area contributed by atoms with E-state index < -0.39 is 0 Å². The van der Waals surface area contributed by atoms with Crippen LogP contribution in [0, 0.1) is 0 Å². The molecule has 4 nitrogen and oxygen atoms in total. The molecule has 0 saturated heterocycles. The third-order valence-electron chi connectivity index (χ3n) is 3.14. The molecule has 3 aromatic rings. The number of methoxy groups -OCH3 is 1. The Morgan fingerprint density at radius 2 is 1.90 bits per heavy atom. The Morgan fingerprint density at radius 3 is 2.75 bits per heavy atom. The Morgan fingerprint density at radius 1 is 1.05 bits per heavy atom. The fourth-order valence-corrected chi connectivity index (χ4v) is 2.17.